The molecule has 172 valence electrons. The second-order valence-corrected chi connectivity index (χ2v) is 9.01. The fourth-order valence-electron chi connectivity index (χ4n) is 2.92. The van der Waals surface area contributed by atoms with Crippen LogP contribution >= 0.6 is 11.6 Å². The molecule has 0 aliphatic rings. The molecule has 10 heteroatoms. The SMILES string of the molecule is CCOc1ccc(NS(=O)(=O)c2ccc(Cl)c(C(=O)Nc3cccc(NC(C)=O)c3)c2)cc1. The summed E-state index contributed by atoms with van der Waals surface area (Å²) in [4.78, 5) is 23.9. The van der Waals surface area contributed by atoms with Crippen molar-refractivity contribution in [1.29, 1.82) is 0 Å². The maximum atomic E-state index is 12.8. The minimum Gasteiger partial charge on any atom is -0.494 e. The fourth-order valence-corrected chi connectivity index (χ4v) is 4.21. The number of rotatable bonds is 8. The highest BCUT2D eigenvalue weighted by atomic mass is 35.5. The molecule has 0 atom stereocenters. The third kappa shape index (κ3) is 6.47. The number of carbonyl (C=O) groups is 2. The smallest absolute Gasteiger partial charge is 0.261 e. The molecule has 0 unspecified atom stereocenters. The molecule has 8 nitrogen and oxygen atoms in total. The largest absolute Gasteiger partial charge is 0.494 e. The van der Waals surface area contributed by atoms with Crippen LogP contribution in [0.4, 0.5) is 17.1 Å². The van der Waals surface area contributed by atoms with E-state index in [9.17, 15) is 18.0 Å². The van der Waals surface area contributed by atoms with Gasteiger partial charge in [0.2, 0.25) is 5.91 Å². The van der Waals surface area contributed by atoms with Crippen molar-refractivity contribution >= 4 is 50.5 Å². The lowest BCUT2D eigenvalue weighted by Gasteiger charge is -2.12. The van der Waals surface area contributed by atoms with Crippen molar-refractivity contribution in [2.75, 3.05) is 22.0 Å². The Hall–Kier alpha value is -3.56. The molecule has 0 heterocycles. The summed E-state index contributed by atoms with van der Waals surface area (Å²) < 4.78 is 33.5. The third-order valence-corrected chi connectivity index (χ3v) is 6.06. The summed E-state index contributed by atoms with van der Waals surface area (Å²) in [6, 6.07) is 16.8. The lowest BCUT2D eigenvalue weighted by molar-refractivity contribution is -0.114. The molecule has 33 heavy (non-hydrogen) atoms. The fraction of sp³-hybridized carbons (Fsp3) is 0.130. The van der Waals surface area contributed by atoms with Gasteiger partial charge in [-0.15, -0.1) is 0 Å². The van der Waals surface area contributed by atoms with Gasteiger partial charge in [0, 0.05) is 24.0 Å². The standard InChI is InChI=1S/C23H22ClN3O5S/c1-3-32-19-9-7-16(8-10-19)27-33(30,31)20-11-12-22(24)21(14-20)23(29)26-18-6-4-5-17(13-18)25-15(2)28/h4-14,27H,3H2,1-2H3,(H,25,28)(H,26,29). The Morgan fingerprint density at radius 3 is 2.21 bits per heavy atom. The number of nitrogens with one attached hydrogen (secondary N) is 3. The summed E-state index contributed by atoms with van der Waals surface area (Å²) in [5.74, 6) is -0.231. The first-order chi connectivity index (χ1) is 15.7. The molecule has 3 N–H and O–H groups in total. The molecule has 0 bridgehead atoms. The highest BCUT2D eigenvalue weighted by molar-refractivity contribution is 7.92. The molecule has 0 fully saturated rings. The van der Waals surface area contributed by atoms with Crippen LogP contribution in [-0.2, 0) is 14.8 Å². The number of hydrogen-bond acceptors (Lipinski definition) is 5. The van der Waals surface area contributed by atoms with Crippen LogP contribution in [0.2, 0.25) is 5.02 Å². The predicted octanol–water partition coefficient (Wildman–Crippen LogP) is 4.75. The molecule has 3 aromatic carbocycles. The van der Waals surface area contributed by atoms with Gasteiger partial charge >= 0.3 is 0 Å². The van der Waals surface area contributed by atoms with Crippen LogP contribution in [0.15, 0.2) is 71.6 Å². The van der Waals surface area contributed by atoms with Gasteiger partial charge < -0.3 is 15.4 Å². The van der Waals surface area contributed by atoms with Crippen molar-refractivity contribution in [2.24, 2.45) is 0 Å². The molecule has 0 aromatic heterocycles. The summed E-state index contributed by atoms with van der Waals surface area (Å²) in [5, 5.41) is 5.36. The van der Waals surface area contributed by atoms with E-state index in [1.54, 1.807) is 48.5 Å². The van der Waals surface area contributed by atoms with Gasteiger partial charge in [-0.2, -0.15) is 0 Å². The molecule has 0 saturated carbocycles. The average Bonchev–Trinajstić information content (AvgIpc) is 2.75. The van der Waals surface area contributed by atoms with E-state index in [0.717, 1.165) is 0 Å². The topological polar surface area (TPSA) is 114 Å². The molecule has 0 saturated heterocycles. The lowest BCUT2D eigenvalue weighted by Crippen LogP contribution is -2.16. The number of carbonyl (C=O) groups excluding carboxylic acids is 2. The second-order valence-electron chi connectivity index (χ2n) is 6.92. The van der Waals surface area contributed by atoms with E-state index >= 15 is 0 Å². The first-order valence-electron chi connectivity index (χ1n) is 9.92. The number of ether oxygens (including phenoxy) is 1. The van der Waals surface area contributed by atoms with Crippen LogP contribution in [0.5, 0.6) is 5.75 Å². The molecule has 0 aliphatic heterocycles. The molecule has 2 amide bonds. The van der Waals surface area contributed by atoms with Crippen LogP contribution in [0.1, 0.15) is 24.2 Å². The number of hydrogen-bond donors (Lipinski definition) is 3. The van der Waals surface area contributed by atoms with Crippen molar-refractivity contribution in [3.63, 3.8) is 0 Å². The van der Waals surface area contributed by atoms with Crippen LogP contribution in [0, 0.1) is 0 Å². The Kier molecular flexibility index (Phi) is 7.57. The van der Waals surface area contributed by atoms with E-state index in [1.165, 1.54) is 25.1 Å². The Morgan fingerprint density at radius 1 is 0.909 bits per heavy atom. The Balaban J connectivity index is 1.80. The first-order valence-corrected chi connectivity index (χ1v) is 11.8. The zero-order chi connectivity index (χ0) is 24.0. The van der Waals surface area contributed by atoms with Crippen molar-refractivity contribution < 1.29 is 22.7 Å². The monoisotopic (exact) mass is 487 g/mol. The zero-order valence-electron chi connectivity index (χ0n) is 17.9. The van der Waals surface area contributed by atoms with Gasteiger partial charge in [0.25, 0.3) is 15.9 Å². The van der Waals surface area contributed by atoms with Gasteiger partial charge in [0.05, 0.1) is 22.1 Å². The van der Waals surface area contributed by atoms with Gasteiger partial charge in [-0.05, 0) is 67.6 Å². The van der Waals surface area contributed by atoms with Crippen molar-refractivity contribution in [2.45, 2.75) is 18.7 Å². The summed E-state index contributed by atoms with van der Waals surface area (Å²) in [6.07, 6.45) is 0. The highest BCUT2D eigenvalue weighted by Crippen LogP contribution is 2.25. The second kappa shape index (κ2) is 10.4. The van der Waals surface area contributed by atoms with Gasteiger partial charge in [-0.3, -0.25) is 14.3 Å². The molecule has 0 radical (unpaired) electrons. The minimum atomic E-state index is -3.98. The quantitative estimate of drug-likeness (QED) is 0.424. The number of amides is 2. The van der Waals surface area contributed by atoms with Crippen LogP contribution < -0.4 is 20.1 Å². The Morgan fingerprint density at radius 2 is 1.58 bits per heavy atom. The molecular weight excluding hydrogens is 466 g/mol. The summed E-state index contributed by atoms with van der Waals surface area (Å²) in [7, 11) is -3.98. The average molecular weight is 488 g/mol. The van der Waals surface area contributed by atoms with E-state index in [1.807, 2.05) is 6.92 Å². The van der Waals surface area contributed by atoms with Crippen molar-refractivity contribution in [3.05, 3.63) is 77.3 Å². The van der Waals surface area contributed by atoms with E-state index in [0.29, 0.717) is 29.4 Å². The Labute approximate surface area is 197 Å². The van der Waals surface area contributed by atoms with Gasteiger partial charge in [0.1, 0.15) is 5.75 Å². The maximum Gasteiger partial charge on any atom is 0.261 e. The summed E-state index contributed by atoms with van der Waals surface area (Å²) in [6.45, 7) is 3.72. The molecule has 3 rings (SSSR count). The Bertz CT molecular complexity index is 1280. The third-order valence-electron chi connectivity index (χ3n) is 4.35. The number of sulfonamides is 1. The zero-order valence-corrected chi connectivity index (χ0v) is 19.5. The first kappa shape index (κ1) is 24.1. The lowest BCUT2D eigenvalue weighted by atomic mass is 10.2. The number of anilines is 3. The van der Waals surface area contributed by atoms with E-state index in [4.69, 9.17) is 16.3 Å². The minimum absolute atomic E-state index is 0.0174. The normalized spacial score (nSPS) is 10.9. The van der Waals surface area contributed by atoms with E-state index in [2.05, 4.69) is 15.4 Å². The molecule has 3 aromatic rings. The highest BCUT2D eigenvalue weighted by Gasteiger charge is 2.19. The maximum absolute atomic E-state index is 12.8. The van der Waals surface area contributed by atoms with Crippen molar-refractivity contribution in [1.82, 2.24) is 0 Å². The molecule has 0 spiro atoms. The van der Waals surface area contributed by atoms with Crippen LogP contribution in [0.3, 0.4) is 0 Å². The van der Waals surface area contributed by atoms with Gasteiger partial charge in [0.15, 0.2) is 0 Å². The number of benzene rings is 3. The van der Waals surface area contributed by atoms with Gasteiger partial charge in [-0.1, -0.05) is 17.7 Å². The van der Waals surface area contributed by atoms with Crippen LogP contribution in [-0.4, -0.2) is 26.8 Å². The van der Waals surface area contributed by atoms with Gasteiger partial charge in [-0.25, -0.2) is 8.42 Å². The van der Waals surface area contributed by atoms with E-state index in [-0.39, 0.29) is 21.4 Å². The summed E-state index contributed by atoms with van der Waals surface area (Å²) >= 11 is 6.17. The predicted molar refractivity (Wildman–Crippen MR) is 129 cm³/mol. The molecular formula is C23H22ClN3O5S. The van der Waals surface area contributed by atoms with Crippen LogP contribution in [0.25, 0.3) is 0 Å². The number of halogens is 1. The van der Waals surface area contributed by atoms with Crippen molar-refractivity contribution in [3.8, 4) is 5.75 Å². The summed E-state index contributed by atoms with van der Waals surface area (Å²) in [5.41, 5.74) is 1.23. The van der Waals surface area contributed by atoms with E-state index < -0.39 is 15.9 Å². The molecule has 0 aliphatic carbocycles.